The predicted molar refractivity (Wildman–Crippen MR) is 103 cm³/mol. The number of carbonyl (C=O) groups excluding carboxylic acids is 1. The number of piperazine rings is 1. The number of rotatable bonds is 3. The molecule has 1 aromatic carbocycles. The maximum Gasteiger partial charge on any atom is 0.227 e. The number of halogens is 2. The van der Waals surface area contributed by atoms with Crippen molar-refractivity contribution in [2.24, 2.45) is 5.92 Å². The number of nitrogens with two attached hydrogens (primary N) is 1. The molecule has 1 unspecified atom stereocenters. The molecule has 0 bridgehead atoms. The van der Waals surface area contributed by atoms with Gasteiger partial charge in [0, 0.05) is 45.0 Å². The molecule has 5 nitrogen and oxygen atoms in total. The predicted octanol–water partition coefficient (Wildman–Crippen LogP) is 1.76. The average molecular weight is 375 g/mol. The molecule has 1 atom stereocenters. The Labute approximate surface area is 156 Å². The monoisotopic (exact) mass is 374 g/mol. The van der Waals surface area contributed by atoms with Gasteiger partial charge in [0.15, 0.2) is 0 Å². The van der Waals surface area contributed by atoms with Crippen molar-refractivity contribution in [3.8, 4) is 0 Å². The van der Waals surface area contributed by atoms with Crippen LogP contribution in [-0.2, 0) is 11.3 Å². The van der Waals surface area contributed by atoms with Crippen molar-refractivity contribution in [2.75, 3.05) is 45.0 Å². The van der Waals surface area contributed by atoms with Crippen LogP contribution in [0.1, 0.15) is 18.4 Å². The zero-order valence-corrected chi connectivity index (χ0v) is 15.6. The van der Waals surface area contributed by atoms with Gasteiger partial charge in [-0.05, 0) is 37.1 Å². The second kappa shape index (κ2) is 10.1. The van der Waals surface area contributed by atoms with Crippen molar-refractivity contribution in [1.29, 1.82) is 0 Å². The first-order chi connectivity index (χ1) is 10.7. The van der Waals surface area contributed by atoms with Crippen molar-refractivity contribution >= 4 is 36.4 Å². The van der Waals surface area contributed by atoms with Gasteiger partial charge in [-0.2, -0.15) is 0 Å². The second-order valence-corrected chi connectivity index (χ2v) is 6.39. The van der Waals surface area contributed by atoms with E-state index in [9.17, 15) is 4.79 Å². The van der Waals surface area contributed by atoms with Gasteiger partial charge < -0.3 is 16.0 Å². The van der Waals surface area contributed by atoms with E-state index in [4.69, 9.17) is 5.73 Å². The van der Waals surface area contributed by atoms with E-state index < -0.39 is 0 Å². The van der Waals surface area contributed by atoms with Gasteiger partial charge in [-0.3, -0.25) is 9.69 Å². The SMILES string of the molecule is Cl.Cl.Nc1cccc(CN2CCCC(C(=O)N3CCNCC3)C2)c1. The lowest BCUT2D eigenvalue weighted by Gasteiger charge is -2.36. The van der Waals surface area contributed by atoms with Crippen LogP contribution in [0.25, 0.3) is 0 Å². The molecule has 0 saturated carbocycles. The maximum absolute atomic E-state index is 12.7. The Morgan fingerprint density at radius 3 is 2.67 bits per heavy atom. The van der Waals surface area contributed by atoms with Gasteiger partial charge in [0.05, 0.1) is 5.92 Å². The van der Waals surface area contributed by atoms with E-state index >= 15 is 0 Å². The topological polar surface area (TPSA) is 61.6 Å². The van der Waals surface area contributed by atoms with Crippen LogP contribution in [-0.4, -0.2) is 55.0 Å². The lowest BCUT2D eigenvalue weighted by Crippen LogP contribution is -2.51. The highest BCUT2D eigenvalue weighted by atomic mass is 35.5. The third-order valence-corrected chi connectivity index (χ3v) is 4.64. The molecule has 0 spiro atoms. The molecule has 1 aromatic rings. The molecule has 24 heavy (non-hydrogen) atoms. The molecule has 2 saturated heterocycles. The van der Waals surface area contributed by atoms with E-state index in [1.165, 1.54) is 5.56 Å². The van der Waals surface area contributed by atoms with E-state index in [0.29, 0.717) is 5.91 Å². The molecular formula is C17H28Cl2N4O. The Balaban J connectivity index is 0.00000144. The Bertz CT molecular complexity index is 523. The van der Waals surface area contributed by atoms with Gasteiger partial charge in [-0.1, -0.05) is 12.1 Å². The number of benzene rings is 1. The summed E-state index contributed by atoms with van der Waals surface area (Å²) in [6.45, 7) is 6.38. The third-order valence-electron chi connectivity index (χ3n) is 4.64. The quantitative estimate of drug-likeness (QED) is 0.791. The number of nitrogens with zero attached hydrogens (tertiary/aromatic N) is 2. The smallest absolute Gasteiger partial charge is 0.227 e. The van der Waals surface area contributed by atoms with Gasteiger partial charge in [0.1, 0.15) is 0 Å². The molecule has 0 radical (unpaired) electrons. The molecule has 3 N–H and O–H groups in total. The van der Waals surface area contributed by atoms with Crippen molar-refractivity contribution in [3.05, 3.63) is 29.8 Å². The lowest BCUT2D eigenvalue weighted by atomic mass is 9.95. The maximum atomic E-state index is 12.7. The minimum Gasteiger partial charge on any atom is -0.399 e. The van der Waals surface area contributed by atoms with E-state index in [1.807, 2.05) is 23.1 Å². The fourth-order valence-corrected chi connectivity index (χ4v) is 3.49. The number of piperidine rings is 1. The van der Waals surface area contributed by atoms with Crippen molar-refractivity contribution in [2.45, 2.75) is 19.4 Å². The van der Waals surface area contributed by atoms with Gasteiger partial charge in [-0.25, -0.2) is 0 Å². The molecule has 0 aliphatic carbocycles. The van der Waals surface area contributed by atoms with E-state index in [0.717, 1.165) is 64.3 Å². The zero-order chi connectivity index (χ0) is 15.4. The summed E-state index contributed by atoms with van der Waals surface area (Å²) in [6, 6.07) is 8.05. The minimum atomic E-state index is 0. The standard InChI is InChI=1S/C17H26N4O.2ClH/c18-16-5-1-3-14(11-16)12-20-8-2-4-15(13-20)17(22)21-9-6-19-7-10-21;;/h1,3,5,11,15,19H,2,4,6-10,12-13,18H2;2*1H. The molecular weight excluding hydrogens is 347 g/mol. The second-order valence-electron chi connectivity index (χ2n) is 6.39. The first-order valence-electron chi connectivity index (χ1n) is 8.28. The van der Waals surface area contributed by atoms with Gasteiger partial charge in [0.2, 0.25) is 5.91 Å². The molecule has 2 aliphatic heterocycles. The molecule has 2 heterocycles. The first-order valence-corrected chi connectivity index (χ1v) is 8.28. The van der Waals surface area contributed by atoms with E-state index in [-0.39, 0.29) is 30.7 Å². The summed E-state index contributed by atoms with van der Waals surface area (Å²) in [5.41, 5.74) is 7.89. The summed E-state index contributed by atoms with van der Waals surface area (Å²) in [5.74, 6) is 0.506. The van der Waals surface area contributed by atoms with Crippen molar-refractivity contribution < 1.29 is 4.79 Å². The number of anilines is 1. The number of nitrogen functional groups attached to an aromatic ring is 1. The lowest BCUT2D eigenvalue weighted by molar-refractivity contribution is -0.138. The van der Waals surface area contributed by atoms with Gasteiger partial charge in [0.25, 0.3) is 0 Å². The van der Waals surface area contributed by atoms with Gasteiger partial charge >= 0.3 is 0 Å². The summed E-state index contributed by atoms with van der Waals surface area (Å²) in [7, 11) is 0. The fraction of sp³-hybridized carbons (Fsp3) is 0.588. The Morgan fingerprint density at radius 2 is 1.96 bits per heavy atom. The average Bonchev–Trinajstić information content (AvgIpc) is 2.55. The summed E-state index contributed by atoms with van der Waals surface area (Å²) in [4.78, 5) is 17.1. The number of likely N-dealkylation sites (tertiary alicyclic amines) is 1. The molecule has 2 fully saturated rings. The number of hydrogen-bond donors (Lipinski definition) is 2. The highest BCUT2D eigenvalue weighted by molar-refractivity contribution is 5.85. The number of hydrogen-bond acceptors (Lipinski definition) is 4. The largest absolute Gasteiger partial charge is 0.399 e. The van der Waals surface area contributed by atoms with Crippen LogP contribution in [0.15, 0.2) is 24.3 Å². The highest BCUT2D eigenvalue weighted by Gasteiger charge is 2.29. The molecule has 2 aliphatic rings. The van der Waals surface area contributed by atoms with Crippen molar-refractivity contribution in [3.63, 3.8) is 0 Å². The zero-order valence-electron chi connectivity index (χ0n) is 13.9. The fourth-order valence-electron chi connectivity index (χ4n) is 3.49. The molecule has 7 heteroatoms. The highest BCUT2D eigenvalue weighted by Crippen LogP contribution is 2.21. The van der Waals surface area contributed by atoms with Crippen molar-refractivity contribution in [1.82, 2.24) is 15.1 Å². The molecule has 136 valence electrons. The van der Waals surface area contributed by atoms with Gasteiger partial charge in [-0.15, -0.1) is 24.8 Å². The summed E-state index contributed by atoms with van der Waals surface area (Å²) >= 11 is 0. The van der Waals surface area contributed by atoms with Crippen LogP contribution < -0.4 is 11.1 Å². The van der Waals surface area contributed by atoms with Crippen LogP contribution in [0.5, 0.6) is 0 Å². The molecule has 3 rings (SSSR count). The molecule has 0 aromatic heterocycles. The summed E-state index contributed by atoms with van der Waals surface area (Å²) in [5, 5.41) is 3.30. The normalized spacial score (nSPS) is 21.5. The number of nitrogens with one attached hydrogen (secondary N) is 1. The first kappa shape index (κ1) is 21.0. The van der Waals surface area contributed by atoms with Crippen LogP contribution in [0.3, 0.4) is 0 Å². The Hall–Kier alpha value is -1.01. The third kappa shape index (κ3) is 5.52. The van der Waals surface area contributed by atoms with Crippen LogP contribution >= 0.6 is 24.8 Å². The van der Waals surface area contributed by atoms with Crippen LogP contribution in [0, 0.1) is 5.92 Å². The summed E-state index contributed by atoms with van der Waals surface area (Å²) < 4.78 is 0. The number of carbonyl (C=O) groups is 1. The number of amides is 1. The molecule has 1 amide bonds. The minimum absolute atomic E-state index is 0. The van der Waals surface area contributed by atoms with E-state index in [1.54, 1.807) is 0 Å². The summed E-state index contributed by atoms with van der Waals surface area (Å²) in [6.07, 6.45) is 2.13. The Morgan fingerprint density at radius 1 is 1.21 bits per heavy atom. The Kier molecular flexibility index (Phi) is 8.84. The van der Waals surface area contributed by atoms with E-state index in [2.05, 4.69) is 16.3 Å². The van der Waals surface area contributed by atoms with Crippen LogP contribution in [0.4, 0.5) is 5.69 Å². The van der Waals surface area contributed by atoms with Crippen LogP contribution in [0.2, 0.25) is 0 Å².